The molecule has 0 aromatic heterocycles. The van der Waals surface area contributed by atoms with E-state index >= 15 is 0 Å². The number of allylic oxidation sites excluding steroid dienone is 6. The lowest BCUT2D eigenvalue weighted by molar-refractivity contribution is 0.0205. The average molecular weight is 493 g/mol. The van der Waals surface area contributed by atoms with E-state index in [1.165, 1.54) is 6.07 Å². The van der Waals surface area contributed by atoms with E-state index in [4.69, 9.17) is 4.74 Å². The summed E-state index contributed by atoms with van der Waals surface area (Å²) in [4.78, 5) is 13.4. The van der Waals surface area contributed by atoms with Gasteiger partial charge in [0, 0.05) is 11.1 Å². The summed E-state index contributed by atoms with van der Waals surface area (Å²) in [6.45, 7) is 11.6. The number of fused-ring (bicyclic) bond motifs is 1. The molecule has 192 valence electrons. The van der Waals surface area contributed by atoms with Gasteiger partial charge < -0.3 is 25.2 Å². The zero-order valence-electron chi connectivity index (χ0n) is 21.8. The molecule has 1 aliphatic rings. The van der Waals surface area contributed by atoms with Gasteiger partial charge in [-0.15, -0.1) is 0 Å². The Morgan fingerprint density at radius 3 is 1.97 bits per heavy atom. The third-order valence-electron chi connectivity index (χ3n) is 6.23. The van der Waals surface area contributed by atoms with Gasteiger partial charge in [0.1, 0.15) is 28.6 Å². The maximum Gasteiger partial charge on any atom is 0.202 e. The van der Waals surface area contributed by atoms with Crippen LogP contribution in [0.15, 0.2) is 53.1 Å². The van der Waals surface area contributed by atoms with Gasteiger partial charge in [0.2, 0.25) is 5.78 Å². The van der Waals surface area contributed by atoms with Crippen LogP contribution in [0.1, 0.15) is 80.3 Å². The number of phenols is 3. The minimum Gasteiger partial charge on any atom is -0.508 e. The van der Waals surface area contributed by atoms with Crippen LogP contribution in [0.2, 0.25) is 0 Å². The van der Waals surface area contributed by atoms with E-state index in [-0.39, 0.29) is 47.0 Å². The molecule has 0 radical (unpaired) electrons. The third kappa shape index (κ3) is 5.65. The van der Waals surface area contributed by atoms with Gasteiger partial charge in [-0.1, -0.05) is 41.0 Å². The van der Waals surface area contributed by atoms with Gasteiger partial charge in [0.05, 0.1) is 0 Å². The number of ether oxygens (including phenoxy) is 1. The second-order valence-electron chi connectivity index (χ2n) is 10.1. The third-order valence-corrected chi connectivity index (χ3v) is 6.23. The van der Waals surface area contributed by atoms with Crippen molar-refractivity contribution in [2.24, 2.45) is 0 Å². The maximum atomic E-state index is 13.4. The molecular formula is C30H36O6. The van der Waals surface area contributed by atoms with E-state index in [0.717, 1.165) is 16.7 Å². The minimum atomic E-state index is -1.57. The van der Waals surface area contributed by atoms with Crippen molar-refractivity contribution in [1.29, 1.82) is 0 Å². The number of aliphatic hydroxyl groups excluding tert-OH is 1. The van der Waals surface area contributed by atoms with Crippen LogP contribution in [0.25, 0.3) is 0 Å². The van der Waals surface area contributed by atoms with Crippen molar-refractivity contribution in [3.63, 3.8) is 0 Å². The average Bonchev–Trinajstić information content (AvgIpc) is 2.79. The first-order valence-electron chi connectivity index (χ1n) is 12.1. The summed E-state index contributed by atoms with van der Waals surface area (Å²) in [7, 11) is 0. The molecule has 2 atom stereocenters. The molecule has 36 heavy (non-hydrogen) atoms. The molecule has 0 saturated carbocycles. The van der Waals surface area contributed by atoms with Crippen molar-refractivity contribution in [2.75, 3.05) is 0 Å². The van der Waals surface area contributed by atoms with Crippen LogP contribution in [0.3, 0.4) is 0 Å². The number of aromatic hydroxyl groups is 3. The van der Waals surface area contributed by atoms with Gasteiger partial charge in [0.15, 0.2) is 12.2 Å². The fraction of sp³-hybridized carbons (Fsp3) is 0.367. The zero-order valence-corrected chi connectivity index (χ0v) is 21.8. The molecular weight excluding hydrogens is 456 g/mol. The van der Waals surface area contributed by atoms with Crippen LogP contribution in [0, 0.1) is 0 Å². The van der Waals surface area contributed by atoms with Gasteiger partial charge in [-0.05, 0) is 84.1 Å². The molecule has 0 saturated heterocycles. The molecule has 0 amide bonds. The molecule has 0 bridgehead atoms. The lowest BCUT2D eigenvalue weighted by atomic mass is 9.87. The highest BCUT2D eigenvalue weighted by Gasteiger charge is 2.42. The summed E-state index contributed by atoms with van der Waals surface area (Å²) >= 11 is 0. The van der Waals surface area contributed by atoms with Crippen LogP contribution in [-0.4, -0.2) is 32.3 Å². The summed E-state index contributed by atoms with van der Waals surface area (Å²) in [5, 5.41) is 43.5. The van der Waals surface area contributed by atoms with Crippen molar-refractivity contribution in [3.8, 4) is 23.0 Å². The van der Waals surface area contributed by atoms with Crippen LogP contribution < -0.4 is 4.74 Å². The van der Waals surface area contributed by atoms with Crippen molar-refractivity contribution < 1.29 is 30.0 Å². The normalized spacial score (nSPS) is 16.6. The molecule has 2 aromatic rings. The Morgan fingerprint density at radius 1 is 0.833 bits per heavy atom. The summed E-state index contributed by atoms with van der Waals surface area (Å²) in [5.74, 6) is -0.994. The van der Waals surface area contributed by atoms with Crippen LogP contribution >= 0.6 is 0 Å². The number of Topliss-reactive ketones (excluding diaryl/α,β-unsaturated/α-hetero) is 1. The summed E-state index contributed by atoms with van der Waals surface area (Å²) in [6.07, 6.45) is 4.09. The topological polar surface area (TPSA) is 107 Å². The van der Waals surface area contributed by atoms with E-state index in [1.54, 1.807) is 12.1 Å². The smallest absolute Gasteiger partial charge is 0.202 e. The fourth-order valence-electron chi connectivity index (χ4n) is 4.15. The molecule has 0 aliphatic carbocycles. The Hall–Kier alpha value is -3.51. The molecule has 6 heteroatoms. The van der Waals surface area contributed by atoms with Gasteiger partial charge >= 0.3 is 0 Å². The summed E-state index contributed by atoms with van der Waals surface area (Å²) in [6, 6.07) is 4.83. The monoisotopic (exact) mass is 492 g/mol. The molecule has 6 nitrogen and oxygen atoms in total. The van der Waals surface area contributed by atoms with Crippen LogP contribution in [0.4, 0.5) is 0 Å². The Labute approximate surface area is 212 Å². The number of phenolic OH excluding ortho intramolecular Hbond substituents is 3. The molecule has 4 N–H and O–H groups in total. The van der Waals surface area contributed by atoms with Crippen molar-refractivity contribution in [1.82, 2.24) is 0 Å². The van der Waals surface area contributed by atoms with E-state index in [9.17, 15) is 25.2 Å². The number of aliphatic hydroxyl groups is 1. The number of carbonyl (C=O) groups excluding carboxylic acids is 1. The number of ketones is 1. The molecule has 0 spiro atoms. The first-order chi connectivity index (χ1) is 16.9. The molecule has 3 rings (SSSR count). The second-order valence-corrected chi connectivity index (χ2v) is 10.1. The number of hydrogen-bond donors (Lipinski definition) is 4. The highest BCUT2D eigenvalue weighted by molar-refractivity contribution is 6.06. The van der Waals surface area contributed by atoms with Crippen molar-refractivity contribution >= 4 is 5.78 Å². The van der Waals surface area contributed by atoms with Crippen molar-refractivity contribution in [3.05, 3.63) is 81.0 Å². The van der Waals surface area contributed by atoms with Gasteiger partial charge in [-0.3, -0.25) is 4.79 Å². The largest absolute Gasteiger partial charge is 0.508 e. The summed E-state index contributed by atoms with van der Waals surface area (Å²) in [5.41, 5.74) is 4.75. The van der Waals surface area contributed by atoms with E-state index in [0.29, 0.717) is 23.1 Å². The highest BCUT2D eigenvalue weighted by Crippen LogP contribution is 2.49. The number of rotatable bonds is 7. The van der Waals surface area contributed by atoms with Gasteiger partial charge in [0.25, 0.3) is 0 Å². The Morgan fingerprint density at radius 2 is 1.39 bits per heavy atom. The minimum absolute atomic E-state index is 0.0719. The lowest BCUT2D eigenvalue weighted by Crippen LogP contribution is -2.37. The molecule has 2 aromatic carbocycles. The Bertz CT molecular complexity index is 1250. The predicted molar refractivity (Wildman–Crippen MR) is 141 cm³/mol. The SMILES string of the molecule is CC(C)=CCc1cc(C2Oc3c(CC=C(C)C)c(O)c(CC=C(C)C)c(O)c3C(=O)C2O)ccc1O. The summed E-state index contributed by atoms with van der Waals surface area (Å²) < 4.78 is 6.19. The van der Waals surface area contributed by atoms with Crippen molar-refractivity contribution in [2.45, 2.75) is 73.0 Å². The van der Waals surface area contributed by atoms with Gasteiger partial charge in [-0.25, -0.2) is 0 Å². The second kappa shape index (κ2) is 11.0. The van der Waals surface area contributed by atoms with Crippen LogP contribution in [-0.2, 0) is 19.3 Å². The quantitative estimate of drug-likeness (QED) is 0.353. The molecule has 1 aliphatic heterocycles. The Kier molecular flexibility index (Phi) is 8.31. The van der Waals surface area contributed by atoms with E-state index in [1.807, 2.05) is 59.8 Å². The van der Waals surface area contributed by atoms with E-state index in [2.05, 4.69) is 0 Å². The maximum absolute atomic E-state index is 13.4. The number of hydrogen-bond acceptors (Lipinski definition) is 6. The Balaban J connectivity index is 2.17. The highest BCUT2D eigenvalue weighted by atomic mass is 16.5. The number of carbonyl (C=O) groups is 1. The predicted octanol–water partition coefficient (Wildman–Crippen LogP) is 6.01. The number of benzene rings is 2. The first-order valence-corrected chi connectivity index (χ1v) is 12.1. The van der Waals surface area contributed by atoms with Gasteiger partial charge in [-0.2, -0.15) is 0 Å². The fourth-order valence-corrected chi connectivity index (χ4v) is 4.15. The molecule has 0 fully saturated rings. The first kappa shape index (κ1) is 27.1. The van der Waals surface area contributed by atoms with E-state index < -0.39 is 18.0 Å². The molecule has 1 heterocycles. The standard InChI is InChI=1S/C30H36O6/c1-16(2)7-10-19-15-20(11-14-23(19)31)29-28(35)27(34)24-26(33)21(12-8-17(3)4)25(32)22(30(24)36-29)13-9-18(5)6/h7-9,11,14-15,28-29,31-33,35H,10,12-13H2,1-6H3. The lowest BCUT2D eigenvalue weighted by Gasteiger charge is -2.33. The zero-order chi connectivity index (χ0) is 26.7. The van der Waals surface area contributed by atoms with Crippen LogP contribution in [0.5, 0.6) is 23.0 Å². The molecule has 2 unspecified atom stereocenters.